The number of aliphatic hydroxyl groups is 4. The Morgan fingerprint density at radius 2 is 0.398 bits per heavy atom. The van der Waals surface area contributed by atoms with Crippen LogP contribution in [0.2, 0.25) is 0 Å². The van der Waals surface area contributed by atoms with E-state index in [1.54, 1.807) is 0 Å². The predicted molar refractivity (Wildman–Crippen MR) is 281 cm³/mol. The van der Waals surface area contributed by atoms with E-state index < -0.39 is 68.9 Å². The van der Waals surface area contributed by atoms with Crippen molar-refractivity contribution in [3.63, 3.8) is 0 Å². The van der Waals surface area contributed by atoms with Gasteiger partial charge >= 0.3 is 0 Å². The number of hydrogen-bond donors (Lipinski definition) is 4. The highest BCUT2D eigenvalue weighted by molar-refractivity contribution is 5.28. The first kappa shape index (κ1) is 61.8. The molecule has 0 radical (unpaired) electrons. The van der Waals surface area contributed by atoms with Crippen molar-refractivity contribution in [1.82, 2.24) is 118 Å². The Morgan fingerprint density at radius 1 is 0.250 bits per heavy atom. The monoisotopic (exact) mass is 1220 g/mol. The van der Waals surface area contributed by atoms with Gasteiger partial charge in [0.1, 0.15) is 170 Å². The van der Waals surface area contributed by atoms with E-state index in [9.17, 15) is 55.5 Å². The number of hydrogen-bond acceptors (Lipinski definition) is 20. The second kappa shape index (κ2) is 27.5. The maximum Gasteiger partial charge on any atom is 0.137 e. The molecule has 0 fully saturated rings. The van der Waals surface area contributed by atoms with Gasteiger partial charge in [-0.05, 0) is 24.3 Å². The molecule has 0 spiro atoms. The molecule has 4 aromatic carbocycles. The number of aromatic nitrogens is 24. The Hall–Kier alpha value is -10.7. The first-order valence-electron chi connectivity index (χ1n) is 25.6. The van der Waals surface area contributed by atoms with Crippen LogP contribution < -0.4 is 0 Å². The molecule has 0 saturated heterocycles. The van der Waals surface area contributed by atoms with E-state index >= 15 is 0 Å². The average Bonchev–Trinajstić information content (AvgIpc) is 2.49. The van der Waals surface area contributed by atoms with Gasteiger partial charge in [0.25, 0.3) is 0 Å². The molecule has 12 aromatic rings. The molecule has 0 aliphatic carbocycles. The minimum absolute atomic E-state index is 0.0556. The number of benzene rings is 4. The number of rotatable bonds is 20. The van der Waals surface area contributed by atoms with E-state index in [4.69, 9.17) is 0 Å². The molecule has 88 heavy (non-hydrogen) atoms. The molecule has 0 bridgehead atoms. The maximum absolute atomic E-state index is 14.1. The Balaban J connectivity index is 0.000000140. The van der Waals surface area contributed by atoms with Gasteiger partial charge in [0.05, 0.1) is 52.4 Å². The van der Waals surface area contributed by atoms with Crippen molar-refractivity contribution in [1.29, 1.82) is 0 Å². The summed E-state index contributed by atoms with van der Waals surface area (Å²) in [5, 5.41) is 75.1. The molecule has 0 amide bonds. The molecule has 0 aliphatic heterocycles. The topological polar surface area (TPSA) is 327 Å². The Kier molecular flexibility index (Phi) is 19.4. The fraction of sp³-hybridized carbons (Fsp3) is 0.231. The van der Waals surface area contributed by atoms with Crippen LogP contribution in [-0.4, -0.2) is 139 Å². The van der Waals surface area contributed by atoms with Gasteiger partial charge in [-0.25, -0.2) is 112 Å². The van der Waals surface area contributed by atoms with Gasteiger partial charge in [-0.15, -0.1) is 0 Å². The normalized spacial score (nSPS) is 11.8. The summed E-state index contributed by atoms with van der Waals surface area (Å²) < 4.78 is 120. The van der Waals surface area contributed by atoms with Crippen molar-refractivity contribution in [3.8, 4) is 0 Å². The van der Waals surface area contributed by atoms with Crippen LogP contribution in [0.1, 0.15) is 22.3 Å². The largest absolute Gasteiger partial charge is 0.381 e. The van der Waals surface area contributed by atoms with E-state index in [1.807, 2.05) is 0 Å². The smallest absolute Gasteiger partial charge is 0.137 e. The average molecular weight is 1230 g/mol. The van der Waals surface area contributed by atoms with Crippen molar-refractivity contribution in [2.75, 3.05) is 0 Å². The lowest BCUT2D eigenvalue weighted by atomic mass is 9.93. The highest BCUT2D eigenvalue weighted by atomic mass is 19.2. The fourth-order valence-corrected chi connectivity index (χ4v) is 9.01. The van der Waals surface area contributed by atoms with Gasteiger partial charge in [-0.1, -0.05) is 24.3 Å². The molecule has 4 N–H and O–H groups in total. The van der Waals surface area contributed by atoms with E-state index in [0.717, 1.165) is 48.5 Å². The maximum atomic E-state index is 14.1. The molecule has 8 aromatic heterocycles. The van der Waals surface area contributed by atoms with Crippen molar-refractivity contribution < 1.29 is 55.5 Å². The highest BCUT2D eigenvalue weighted by Crippen LogP contribution is 2.32. The van der Waals surface area contributed by atoms with Crippen LogP contribution in [0.4, 0.5) is 35.1 Å². The molecule has 0 atom stereocenters. The van der Waals surface area contributed by atoms with E-state index in [-0.39, 0.29) is 74.6 Å². The second-order valence-corrected chi connectivity index (χ2v) is 19.4. The van der Waals surface area contributed by atoms with Crippen LogP contribution in [0.25, 0.3) is 0 Å². The Labute approximate surface area is 490 Å². The standard InChI is InChI=1S/4C13H12F2N6O/c4*14-10-1-2-11(12(15)3-10)13(22,4-20-8-16-6-18-20)5-21-9-17-7-19-21/h4*1-3,6-9,22H,4-5H2. The fourth-order valence-electron chi connectivity index (χ4n) is 9.01. The van der Waals surface area contributed by atoms with Gasteiger partial charge in [-0.3, -0.25) is 0 Å². The summed E-state index contributed by atoms with van der Waals surface area (Å²) >= 11 is 0. The lowest BCUT2D eigenvalue weighted by Crippen LogP contribution is -2.37. The molecule has 0 unspecified atom stereocenters. The third kappa shape index (κ3) is 16.0. The van der Waals surface area contributed by atoms with Gasteiger partial charge < -0.3 is 20.4 Å². The van der Waals surface area contributed by atoms with Crippen LogP contribution in [0.5, 0.6) is 0 Å². The van der Waals surface area contributed by atoms with Crippen molar-refractivity contribution in [3.05, 3.63) is 243 Å². The van der Waals surface area contributed by atoms with Crippen molar-refractivity contribution in [2.24, 2.45) is 0 Å². The predicted octanol–water partition coefficient (Wildman–Crippen LogP) is 2.94. The van der Waals surface area contributed by atoms with Crippen LogP contribution in [-0.2, 0) is 74.8 Å². The highest BCUT2D eigenvalue weighted by Gasteiger charge is 2.38. The molecule has 0 saturated carbocycles. The second-order valence-electron chi connectivity index (χ2n) is 19.4. The summed E-state index contributed by atoms with van der Waals surface area (Å²) in [6.45, 7) is -0.592. The van der Waals surface area contributed by atoms with E-state index in [1.165, 1.54) is 163 Å². The molecule has 8 heterocycles. The van der Waals surface area contributed by atoms with Crippen molar-refractivity contribution >= 4 is 0 Å². The molecule has 12 rings (SSSR count). The molecule has 28 nitrogen and oxygen atoms in total. The zero-order valence-electron chi connectivity index (χ0n) is 45.4. The number of halogens is 8. The zero-order valence-corrected chi connectivity index (χ0v) is 45.4. The molecular weight excluding hydrogens is 1180 g/mol. The molecule has 0 aliphatic rings. The summed E-state index contributed by atoms with van der Waals surface area (Å²) in [7, 11) is 0. The summed E-state index contributed by atoms with van der Waals surface area (Å²) in [5.41, 5.74) is -7.00. The van der Waals surface area contributed by atoms with Crippen LogP contribution in [0, 0.1) is 46.5 Å². The minimum atomic E-state index is -1.70. The lowest BCUT2D eigenvalue weighted by Gasteiger charge is -2.28. The molecular formula is C52H48F8N24O4. The first-order chi connectivity index (χ1) is 42.3. The zero-order chi connectivity index (χ0) is 62.3. The quantitative estimate of drug-likeness (QED) is 0.0797. The van der Waals surface area contributed by atoms with E-state index in [2.05, 4.69) is 80.7 Å². The van der Waals surface area contributed by atoms with Gasteiger partial charge in [-0.2, -0.15) is 40.8 Å². The van der Waals surface area contributed by atoms with Gasteiger partial charge in [0.2, 0.25) is 0 Å². The number of nitrogens with zero attached hydrogens (tertiary/aromatic N) is 24. The third-order valence-electron chi connectivity index (χ3n) is 12.9. The first-order valence-corrected chi connectivity index (χ1v) is 25.6. The summed E-state index contributed by atoms with van der Waals surface area (Å²) in [5.74, 6) is -6.25. The van der Waals surface area contributed by atoms with Gasteiger partial charge in [0, 0.05) is 46.5 Å². The van der Waals surface area contributed by atoms with Crippen LogP contribution in [0.3, 0.4) is 0 Å². The van der Waals surface area contributed by atoms with Crippen LogP contribution >= 0.6 is 0 Å². The summed E-state index contributed by atoms with van der Waals surface area (Å²) in [6, 6.07) is 12.1. The Bertz CT molecular complexity index is 3350. The van der Waals surface area contributed by atoms with Crippen LogP contribution in [0.15, 0.2) is 174 Å². The van der Waals surface area contributed by atoms with Gasteiger partial charge in [0.15, 0.2) is 0 Å². The summed E-state index contributed by atoms with van der Waals surface area (Å²) in [4.78, 5) is 30.3. The summed E-state index contributed by atoms with van der Waals surface area (Å²) in [6.07, 6.45) is 21.6. The molecule has 456 valence electrons. The SMILES string of the molecule is OC(Cn1cncn1)(Cn1cncn1)c1ccc(F)cc1F.OC(Cn1cncn1)(Cn1cncn1)c1ccc(F)cc1F.OC(Cn1cncn1)(Cn1cncn1)c1ccc(F)cc1F.OC(Cn1cncn1)(Cn1cncn1)c1ccc(F)cc1F. The Morgan fingerprint density at radius 3 is 0.511 bits per heavy atom. The molecule has 36 heteroatoms. The minimum Gasteiger partial charge on any atom is -0.381 e. The van der Waals surface area contributed by atoms with E-state index in [0.29, 0.717) is 0 Å². The third-order valence-corrected chi connectivity index (χ3v) is 12.9. The van der Waals surface area contributed by atoms with Crippen molar-refractivity contribution in [2.45, 2.75) is 74.8 Å². The lowest BCUT2D eigenvalue weighted by molar-refractivity contribution is -0.00900.